The molecule has 0 aliphatic carbocycles. The number of thioether (sulfide) groups is 1. The fraction of sp³-hybridized carbons (Fsp3) is 0.150. The molecule has 2 aromatic carbocycles. The number of rotatable bonds is 4. The molecule has 1 heterocycles. The van der Waals surface area contributed by atoms with E-state index in [0.29, 0.717) is 9.23 Å². The Balaban J connectivity index is 1.69. The predicted molar refractivity (Wildman–Crippen MR) is 111 cm³/mol. The van der Waals surface area contributed by atoms with Gasteiger partial charge in [-0.05, 0) is 48.7 Å². The third kappa shape index (κ3) is 4.39. The number of aryl methyl sites for hydroxylation is 2. The zero-order valence-corrected chi connectivity index (χ0v) is 16.1. The van der Waals surface area contributed by atoms with E-state index >= 15 is 0 Å². The molecule has 6 heteroatoms. The van der Waals surface area contributed by atoms with Crippen LogP contribution in [0.4, 0.5) is 5.69 Å². The van der Waals surface area contributed by atoms with E-state index in [1.807, 2.05) is 62.4 Å². The lowest BCUT2D eigenvalue weighted by Crippen LogP contribution is -2.36. The van der Waals surface area contributed by atoms with Crippen molar-refractivity contribution < 1.29 is 9.59 Å². The monoisotopic (exact) mass is 382 g/mol. The van der Waals surface area contributed by atoms with E-state index in [4.69, 9.17) is 12.2 Å². The highest BCUT2D eigenvalue weighted by Crippen LogP contribution is 2.32. The fourth-order valence-electron chi connectivity index (χ4n) is 2.73. The molecule has 0 spiro atoms. The molecule has 0 aromatic heterocycles. The van der Waals surface area contributed by atoms with Crippen LogP contribution in [-0.2, 0) is 9.59 Å². The highest BCUT2D eigenvalue weighted by Gasteiger charge is 2.33. The molecule has 4 nitrogen and oxygen atoms in total. The van der Waals surface area contributed by atoms with Gasteiger partial charge in [-0.15, -0.1) is 0 Å². The Morgan fingerprint density at radius 1 is 1.15 bits per heavy atom. The van der Waals surface area contributed by atoms with Gasteiger partial charge in [-0.2, -0.15) is 0 Å². The van der Waals surface area contributed by atoms with Gasteiger partial charge >= 0.3 is 0 Å². The van der Waals surface area contributed by atoms with Crippen LogP contribution in [-0.4, -0.2) is 27.6 Å². The molecular weight excluding hydrogens is 364 g/mol. The number of nitrogens with one attached hydrogen (secondary N) is 1. The van der Waals surface area contributed by atoms with E-state index in [-0.39, 0.29) is 18.4 Å². The van der Waals surface area contributed by atoms with Crippen molar-refractivity contribution >= 4 is 51.9 Å². The number of carbonyl (C=O) groups excluding carboxylic acids is 2. The highest BCUT2D eigenvalue weighted by atomic mass is 32.2. The van der Waals surface area contributed by atoms with Crippen molar-refractivity contribution in [1.82, 2.24) is 4.90 Å². The maximum absolute atomic E-state index is 12.6. The van der Waals surface area contributed by atoms with Gasteiger partial charge < -0.3 is 5.32 Å². The molecule has 0 atom stereocenters. The average molecular weight is 383 g/mol. The maximum atomic E-state index is 12.6. The number of anilines is 1. The number of thiocarbonyl (C=S) groups is 1. The van der Waals surface area contributed by atoms with Crippen LogP contribution in [0.15, 0.2) is 53.4 Å². The average Bonchev–Trinajstić information content (AvgIpc) is 2.82. The molecule has 2 amide bonds. The minimum atomic E-state index is -0.271. The molecule has 1 fully saturated rings. The molecule has 0 radical (unpaired) electrons. The van der Waals surface area contributed by atoms with E-state index in [2.05, 4.69) is 5.32 Å². The van der Waals surface area contributed by atoms with E-state index in [1.165, 1.54) is 16.7 Å². The van der Waals surface area contributed by atoms with Crippen LogP contribution in [0.5, 0.6) is 0 Å². The highest BCUT2D eigenvalue weighted by molar-refractivity contribution is 8.26. The smallest absolute Gasteiger partial charge is 0.266 e. The topological polar surface area (TPSA) is 49.4 Å². The second-order valence-corrected chi connectivity index (χ2v) is 7.78. The van der Waals surface area contributed by atoms with Crippen LogP contribution >= 0.6 is 24.0 Å². The van der Waals surface area contributed by atoms with Crippen LogP contribution in [0.1, 0.15) is 16.7 Å². The SMILES string of the molecule is Cc1cc(C)cc(NC(=O)CN2C(=O)/C(=C\c3ccccc3)SC2=S)c1. The van der Waals surface area contributed by atoms with Crippen LogP contribution in [0.2, 0.25) is 0 Å². The van der Waals surface area contributed by atoms with Gasteiger partial charge in [0.2, 0.25) is 5.91 Å². The van der Waals surface area contributed by atoms with Crippen LogP contribution in [0.3, 0.4) is 0 Å². The lowest BCUT2D eigenvalue weighted by atomic mass is 10.1. The standard InChI is InChI=1S/C20H18N2O2S2/c1-13-8-14(2)10-16(9-13)21-18(23)12-22-19(24)17(26-20(22)25)11-15-6-4-3-5-7-15/h3-11H,12H2,1-2H3,(H,21,23)/b17-11+. The maximum Gasteiger partial charge on any atom is 0.266 e. The van der Waals surface area contributed by atoms with E-state index < -0.39 is 0 Å². The Kier molecular flexibility index (Phi) is 5.54. The first-order valence-corrected chi connectivity index (χ1v) is 9.33. The lowest BCUT2D eigenvalue weighted by Gasteiger charge is -2.14. The Hall–Kier alpha value is -2.44. The summed E-state index contributed by atoms with van der Waals surface area (Å²) < 4.78 is 0.396. The second-order valence-electron chi connectivity index (χ2n) is 6.10. The van der Waals surface area contributed by atoms with Gasteiger partial charge in [-0.1, -0.05) is 60.4 Å². The minimum Gasteiger partial charge on any atom is -0.325 e. The number of carbonyl (C=O) groups is 2. The summed E-state index contributed by atoms with van der Waals surface area (Å²) in [5.41, 5.74) is 3.78. The van der Waals surface area contributed by atoms with Crippen molar-refractivity contribution in [1.29, 1.82) is 0 Å². The van der Waals surface area contributed by atoms with Gasteiger partial charge in [-0.25, -0.2) is 0 Å². The summed E-state index contributed by atoms with van der Waals surface area (Å²) in [4.78, 5) is 26.8. The van der Waals surface area contributed by atoms with Crippen molar-refractivity contribution in [3.05, 3.63) is 70.1 Å². The third-order valence-electron chi connectivity index (χ3n) is 3.78. The summed E-state index contributed by atoms with van der Waals surface area (Å²) in [6, 6.07) is 15.4. The van der Waals surface area contributed by atoms with Crippen LogP contribution in [0.25, 0.3) is 6.08 Å². The van der Waals surface area contributed by atoms with Crippen molar-refractivity contribution in [2.24, 2.45) is 0 Å². The normalized spacial score (nSPS) is 15.6. The molecule has 26 heavy (non-hydrogen) atoms. The number of hydrogen-bond donors (Lipinski definition) is 1. The number of hydrogen-bond acceptors (Lipinski definition) is 4. The summed E-state index contributed by atoms with van der Waals surface area (Å²) >= 11 is 6.50. The zero-order chi connectivity index (χ0) is 18.7. The van der Waals surface area contributed by atoms with E-state index in [9.17, 15) is 9.59 Å². The molecule has 1 N–H and O–H groups in total. The molecule has 0 bridgehead atoms. The van der Waals surface area contributed by atoms with Crippen LogP contribution in [0, 0.1) is 13.8 Å². The molecule has 0 unspecified atom stereocenters. The van der Waals surface area contributed by atoms with Gasteiger partial charge in [0, 0.05) is 5.69 Å². The first-order valence-electron chi connectivity index (χ1n) is 8.11. The molecule has 2 aromatic rings. The van der Waals surface area contributed by atoms with E-state index in [1.54, 1.807) is 6.08 Å². The van der Waals surface area contributed by atoms with Gasteiger partial charge in [0.05, 0.1) is 4.91 Å². The second kappa shape index (κ2) is 7.85. The molecule has 3 rings (SSSR count). The van der Waals surface area contributed by atoms with Gasteiger partial charge in [0.15, 0.2) is 0 Å². The van der Waals surface area contributed by atoms with Crippen molar-refractivity contribution in [2.45, 2.75) is 13.8 Å². The number of amides is 2. The predicted octanol–water partition coefficient (Wildman–Crippen LogP) is 4.14. The summed E-state index contributed by atoms with van der Waals surface area (Å²) in [5.74, 6) is -0.508. The Bertz CT molecular complexity index is 887. The van der Waals surface area contributed by atoms with Crippen LogP contribution < -0.4 is 5.32 Å². The van der Waals surface area contributed by atoms with E-state index in [0.717, 1.165) is 22.4 Å². The fourth-order valence-corrected chi connectivity index (χ4v) is 3.98. The summed E-state index contributed by atoms with van der Waals surface area (Å²) in [7, 11) is 0. The van der Waals surface area contributed by atoms with Crippen molar-refractivity contribution in [3.63, 3.8) is 0 Å². The summed E-state index contributed by atoms with van der Waals surface area (Å²) in [5, 5.41) is 2.83. The Morgan fingerprint density at radius 2 is 1.81 bits per heavy atom. The summed E-state index contributed by atoms with van der Waals surface area (Å²) in [6.07, 6.45) is 1.79. The first-order chi connectivity index (χ1) is 12.4. The van der Waals surface area contributed by atoms with Crippen molar-refractivity contribution in [2.75, 3.05) is 11.9 Å². The number of benzene rings is 2. The molecule has 132 valence electrons. The zero-order valence-electron chi connectivity index (χ0n) is 14.5. The molecule has 1 aliphatic heterocycles. The Morgan fingerprint density at radius 3 is 2.46 bits per heavy atom. The number of nitrogens with zero attached hydrogens (tertiary/aromatic N) is 1. The first kappa shape index (κ1) is 18.4. The van der Waals surface area contributed by atoms with Gasteiger partial charge in [-0.3, -0.25) is 14.5 Å². The lowest BCUT2D eigenvalue weighted by molar-refractivity contribution is -0.126. The molecule has 1 aliphatic rings. The molecule has 0 saturated carbocycles. The largest absolute Gasteiger partial charge is 0.325 e. The molecular formula is C20H18N2O2S2. The summed E-state index contributed by atoms with van der Waals surface area (Å²) in [6.45, 7) is 3.85. The van der Waals surface area contributed by atoms with Gasteiger partial charge in [0.1, 0.15) is 10.9 Å². The molecule has 1 saturated heterocycles. The quantitative estimate of drug-likeness (QED) is 0.638. The van der Waals surface area contributed by atoms with Gasteiger partial charge in [0.25, 0.3) is 5.91 Å². The third-order valence-corrected chi connectivity index (χ3v) is 5.16. The minimum absolute atomic E-state index is 0.0935. The van der Waals surface area contributed by atoms with Crippen molar-refractivity contribution in [3.8, 4) is 0 Å². The Labute approximate surface area is 162 Å².